The van der Waals surface area contributed by atoms with Crippen LogP contribution in [0.25, 0.3) is 0 Å². The summed E-state index contributed by atoms with van der Waals surface area (Å²) in [4.78, 5) is 25.0. The fraction of sp³-hybridized carbons (Fsp3) is 0.120. The summed E-state index contributed by atoms with van der Waals surface area (Å²) >= 11 is 6.00. The molecule has 1 amide bonds. The van der Waals surface area contributed by atoms with Gasteiger partial charge in [-0.25, -0.2) is 17.6 Å². The van der Waals surface area contributed by atoms with E-state index in [2.05, 4.69) is 11.9 Å². The predicted molar refractivity (Wildman–Crippen MR) is 133 cm³/mol. The summed E-state index contributed by atoms with van der Waals surface area (Å²) in [6, 6.07) is 15.3. The van der Waals surface area contributed by atoms with E-state index < -0.39 is 33.4 Å². The number of amides is 1. The molecule has 8 nitrogen and oxygen atoms in total. The van der Waals surface area contributed by atoms with Gasteiger partial charge in [0.15, 0.2) is 0 Å². The van der Waals surface area contributed by atoms with Crippen LogP contribution in [0.15, 0.2) is 83.9 Å². The largest absolute Gasteiger partial charge is 0.497 e. The van der Waals surface area contributed by atoms with Crippen LogP contribution < -0.4 is 10.1 Å². The molecule has 0 radical (unpaired) electrons. The number of anilines is 1. The Morgan fingerprint density at radius 1 is 1.06 bits per heavy atom. The van der Waals surface area contributed by atoms with E-state index in [1.807, 2.05) is 0 Å². The van der Waals surface area contributed by atoms with E-state index >= 15 is 0 Å². The number of halogens is 2. The first-order valence-corrected chi connectivity index (χ1v) is 12.2. The summed E-state index contributed by atoms with van der Waals surface area (Å²) in [5, 5.41) is 2.56. The molecule has 3 aromatic carbocycles. The maximum atomic E-state index is 13.5. The number of nitrogens with one attached hydrogen (secondary N) is 1. The summed E-state index contributed by atoms with van der Waals surface area (Å²) in [6.07, 6.45) is 0. The number of ether oxygens (including phenoxy) is 2. The molecule has 0 aliphatic heterocycles. The normalized spacial score (nSPS) is 10.9. The second-order valence-electron chi connectivity index (χ2n) is 7.36. The van der Waals surface area contributed by atoms with Crippen molar-refractivity contribution in [3.05, 3.63) is 101 Å². The van der Waals surface area contributed by atoms with Crippen molar-refractivity contribution in [2.75, 3.05) is 19.5 Å². The zero-order chi connectivity index (χ0) is 26.5. The van der Waals surface area contributed by atoms with Crippen LogP contribution in [0.4, 0.5) is 10.1 Å². The van der Waals surface area contributed by atoms with Crippen LogP contribution in [0.3, 0.4) is 0 Å². The van der Waals surface area contributed by atoms with Crippen molar-refractivity contribution in [3.63, 3.8) is 0 Å². The Hall–Kier alpha value is -3.89. The zero-order valence-electron chi connectivity index (χ0n) is 19.3. The number of para-hydroxylation sites is 1. The maximum absolute atomic E-state index is 13.5. The van der Waals surface area contributed by atoms with E-state index in [0.29, 0.717) is 11.3 Å². The van der Waals surface area contributed by atoms with Crippen LogP contribution >= 0.6 is 11.6 Å². The van der Waals surface area contributed by atoms with Gasteiger partial charge in [0, 0.05) is 5.69 Å². The van der Waals surface area contributed by atoms with E-state index in [9.17, 15) is 22.4 Å². The predicted octanol–water partition coefficient (Wildman–Crippen LogP) is 4.62. The first-order valence-electron chi connectivity index (χ1n) is 10.4. The molecule has 0 fully saturated rings. The minimum Gasteiger partial charge on any atom is -0.497 e. The second kappa shape index (κ2) is 11.2. The Morgan fingerprint density at radius 3 is 2.33 bits per heavy atom. The van der Waals surface area contributed by atoms with E-state index in [-0.39, 0.29) is 27.7 Å². The molecule has 3 rings (SSSR count). The van der Waals surface area contributed by atoms with E-state index in [1.165, 1.54) is 37.4 Å². The highest BCUT2D eigenvalue weighted by Crippen LogP contribution is 2.28. The van der Waals surface area contributed by atoms with E-state index in [4.69, 9.17) is 21.1 Å². The molecular weight excluding hydrogens is 511 g/mol. The number of esters is 1. The van der Waals surface area contributed by atoms with Crippen LogP contribution in [0.1, 0.15) is 15.9 Å². The molecular formula is C25H22ClFN2O6S. The highest BCUT2D eigenvalue weighted by atomic mass is 35.5. The third-order valence-corrected chi connectivity index (χ3v) is 7.24. The van der Waals surface area contributed by atoms with Gasteiger partial charge in [-0.2, -0.15) is 0 Å². The SMILES string of the molecule is C=C(C(=O)OC)N(Cc1ccccc1NC(=O)c1ccc(F)cc1Cl)S(=O)(=O)c1ccc(OC)cc1. The van der Waals surface area contributed by atoms with Gasteiger partial charge in [0.1, 0.15) is 17.3 Å². The number of rotatable bonds is 9. The summed E-state index contributed by atoms with van der Waals surface area (Å²) in [7, 11) is -1.74. The van der Waals surface area contributed by atoms with Gasteiger partial charge in [-0.05, 0) is 54.1 Å². The number of hydrogen-bond acceptors (Lipinski definition) is 6. The second-order valence-corrected chi connectivity index (χ2v) is 9.63. The summed E-state index contributed by atoms with van der Waals surface area (Å²) in [5.74, 6) is -1.74. The molecule has 36 heavy (non-hydrogen) atoms. The fourth-order valence-electron chi connectivity index (χ4n) is 3.22. The molecule has 0 heterocycles. The monoisotopic (exact) mass is 532 g/mol. The van der Waals surface area contributed by atoms with Crippen molar-refractivity contribution in [2.24, 2.45) is 0 Å². The van der Waals surface area contributed by atoms with Gasteiger partial charge in [0.05, 0.1) is 36.2 Å². The number of carbonyl (C=O) groups is 2. The van der Waals surface area contributed by atoms with Crippen LogP contribution in [-0.2, 0) is 26.1 Å². The van der Waals surface area contributed by atoms with Crippen LogP contribution in [0.5, 0.6) is 5.75 Å². The van der Waals surface area contributed by atoms with Gasteiger partial charge >= 0.3 is 5.97 Å². The number of benzene rings is 3. The lowest BCUT2D eigenvalue weighted by atomic mass is 10.1. The summed E-state index contributed by atoms with van der Waals surface area (Å²) in [5.41, 5.74) is 0.173. The first kappa shape index (κ1) is 26.7. The molecule has 0 spiro atoms. The Kier molecular flexibility index (Phi) is 8.33. The summed E-state index contributed by atoms with van der Waals surface area (Å²) < 4.78 is 50.9. The Balaban J connectivity index is 1.99. The Labute approximate surface area is 212 Å². The minimum atomic E-state index is -4.29. The number of sulfonamides is 1. The van der Waals surface area contributed by atoms with Crippen LogP contribution in [0, 0.1) is 5.82 Å². The summed E-state index contributed by atoms with van der Waals surface area (Å²) in [6.45, 7) is 3.25. The smallest absolute Gasteiger partial charge is 0.354 e. The lowest BCUT2D eigenvalue weighted by Crippen LogP contribution is -2.33. The Bertz CT molecular complexity index is 1410. The number of nitrogens with zero attached hydrogens (tertiary/aromatic N) is 1. The van der Waals surface area contributed by atoms with Crippen molar-refractivity contribution in [1.29, 1.82) is 0 Å². The van der Waals surface area contributed by atoms with Crippen molar-refractivity contribution in [3.8, 4) is 5.75 Å². The van der Waals surface area contributed by atoms with Crippen molar-refractivity contribution in [2.45, 2.75) is 11.4 Å². The van der Waals surface area contributed by atoms with Crippen molar-refractivity contribution < 1.29 is 31.9 Å². The molecule has 0 saturated carbocycles. The average molecular weight is 533 g/mol. The van der Waals surface area contributed by atoms with Gasteiger partial charge in [0.2, 0.25) is 0 Å². The Morgan fingerprint density at radius 2 is 1.72 bits per heavy atom. The molecule has 3 aromatic rings. The highest BCUT2D eigenvalue weighted by molar-refractivity contribution is 7.89. The molecule has 0 unspecified atom stereocenters. The molecule has 0 saturated heterocycles. The van der Waals surface area contributed by atoms with E-state index in [0.717, 1.165) is 23.5 Å². The quantitative estimate of drug-likeness (QED) is 0.319. The molecule has 0 aliphatic rings. The lowest BCUT2D eigenvalue weighted by molar-refractivity contribution is -0.137. The molecule has 188 valence electrons. The number of carbonyl (C=O) groups excluding carboxylic acids is 2. The molecule has 0 atom stereocenters. The van der Waals surface area contributed by atoms with Gasteiger partial charge in [-0.1, -0.05) is 36.4 Å². The first-order chi connectivity index (χ1) is 17.1. The van der Waals surface area contributed by atoms with E-state index in [1.54, 1.807) is 24.3 Å². The third-order valence-electron chi connectivity index (χ3n) is 5.12. The number of hydrogen-bond donors (Lipinski definition) is 1. The standard InChI is InChI=1S/C25H22ClFN2O6S/c1-16(25(31)35-3)29(36(32,33)20-11-9-19(34-2)10-12-20)15-17-6-4-5-7-23(17)28-24(30)21-13-8-18(27)14-22(21)26/h4-14H,1,15H2,2-3H3,(H,28,30). The van der Waals surface area contributed by atoms with Crippen LogP contribution in [-0.4, -0.2) is 38.8 Å². The van der Waals surface area contributed by atoms with Gasteiger partial charge in [0.25, 0.3) is 15.9 Å². The maximum Gasteiger partial charge on any atom is 0.354 e. The average Bonchev–Trinajstić information content (AvgIpc) is 2.87. The fourth-order valence-corrected chi connectivity index (χ4v) is 4.88. The van der Waals surface area contributed by atoms with Gasteiger partial charge < -0.3 is 14.8 Å². The zero-order valence-corrected chi connectivity index (χ0v) is 20.9. The topological polar surface area (TPSA) is 102 Å². The molecule has 0 aliphatic carbocycles. The minimum absolute atomic E-state index is 0.0227. The highest BCUT2D eigenvalue weighted by Gasteiger charge is 2.30. The molecule has 1 N–H and O–H groups in total. The molecule has 0 aromatic heterocycles. The van der Waals surface area contributed by atoms with Gasteiger partial charge in [-0.3, -0.25) is 9.10 Å². The lowest BCUT2D eigenvalue weighted by Gasteiger charge is -2.26. The molecule has 11 heteroatoms. The van der Waals surface area contributed by atoms with Crippen molar-refractivity contribution >= 4 is 39.2 Å². The van der Waals surface area contributed by atoms with Crippen molar-refractivity contribution in [1.82, 2.24) is 4.31 Å². The third kappa shape index (κ3) is 5.84. The van der Waals surface area contributed by atoms with Gasteiger partial charge in [-0.15, -0.1) is 0 Å². The van der Waals surface area contributed by atoms with Crippen LogP contribution in [0.2, 0.25) is 5.02 Å². The number of methoxy groups -OCH3 is 2. The molecule has 0 bridgehead atoms.